The van der Waals surface area contributed by atoms with Crippen LogP contribution in [0.3, 0.4) is 0 Å². The number of nitrogens with zero attached hydrogens (tertiary/aromatic N) is 2. The summed E-state index contributed by atoms with van der Waals surface area (Å²) in [5, 5.41) is 3.59. The molecular weight excluding hydrogens is 392 g/mol. The largest absolute Gasteiger partial charge is 0.473 e. The van der Waals surface area contributed by atoms with E-state index in [0.29, 0.717) is 5.82 Å². The van der Waals surface area contributed by atoms with Crippen LogP contribution in [0.5, 0.6) is 5.88 Å². The van der Waals surface area contributed by atoms with Crippen molar-refractivity contribution in [3.63, 3.8) is 0 Å². The Hall–Kier alpha value is -2.10. The van der Waals surface area contributed by atoms with E-state index in [9.17, 15) is 22.0 Å². The first kappa shape index (κ1) is 22.2. The molecule has 1 aromatic rings. The molecule has 1 saturated carbocycles. The Morgan fingerprint density at radius 2 is 2.00 bits per heavy atom. The van der Waals surface area contributed by atoms with Crippen molar-refractivity contribution in [3.05, 3.63) is 29.1 Å². The number of sulfone groups is 1. The zero-order chi connectivity index (χ0) is 21.3. The molecule has 1 atom stereocenters. The van der Waals surface area contributed by atoms with Gasteiger partial charge in [-0.3, -0.25) is 4.79 Å². The predicted octanol–water partition coefficient (Wildman–Crippen LogP) is 2.63. The highest BCUT2D eigenvalue weighted by Gasteiger charge is 2.47. The Kier molecular flexibility index (Phi) is 6.13. The van der Waals surface area contributed by atoms with Crippen molar-refractivity contribution in [1.29, 1.82) is 0 Å². The molecule has 1 fully saturated rings. The monoisotopic (exact) mass is 417 g/mol. The molecule has 1 aliphatic carbocycles. The van der Waals surface area contributed by atoms with Crippen LogP contribution in [0.25, 0.3) is 0 Å². The number of nitrogens with one attached hydrogen (secondary N) is 1. The first-order valence-corrected chi connectivity index (χ1v) is 10.7. The van der Waals surface area contributed by atoms with Gasteiger partial charge in [0.25, 0.3) is 11.8 Å². The van der Waals surface area contributed by atoms with Crippen molar-refractivity contribution in [2.24, 2.45) is 0 Å². The number of halogens is 2. The lowest BCUT2D eigenvalue weighted by molar-refractivity contribution is -0.135. The summed E-state index contributed by atoms with van der Waals surface area (Å²) in [6, 6.07) is -0.592. The molecule has 0 spiro atoms. The van der Waals surface area contributed by atoms with Crippen LogP contribution >= 0.6 is 0 Å². The van der Waals surface area contributed by atoms with Crippen LogP contribution in [0.1, 0.15) is 56.7 Å². The van der Waals surface area contributed by atoms with Crippen molar-refractivity contribution < 1.29 is 26.7 Å². The third-order valence-corrected chi connectivity index (χ3v) is 4.62. The standard InChI is InChI=1S/C18H25F2N3O4S/c1-11(6-7-28(5,25)26)22-14(24)13-10-21-16(17(2,3)4)23-15(13)27-12-8-18(19,20)9-12/h6-7,10-12H,8-9H2,1-5H3,(H,22,24). The second kappa shape index (κ2) is 7.73. The normalized spacial score (nSPS) is 18.5. The van der Waals surface area contributed by atoms with Crippen molar-refractivity contribution in [3.8, 4) is 5.88 Å². The van der Waals surface area contributed by atoms with E-state index in [1.165, 1.54) is 12.3 Å². The number of carbonyl (C=O) groups excluding carboxylic acids is 1. The van der Waals surface area contributed by atoms with Crippen LogP contribution in [0.15, 0.2) is 17.7 Å². The van der Waals surface area contributed by atoms with E-state index < -0.39 is 52.1 Å². The Morgan fingerprint density at radius 3 is 2.50 bits per heavy atom. The lowest BCUT2D eigenvalue weighted by atomic mass is 9.91. The molecule has 28 heavy (non-hydrogen) atoms. The summed E-state index contributed by atoms with van der Waals surface area (Å²) in [6.07, 6.45) is 2.06. The summed E-state index contributed by atoms with van der Waals surface area (Å²) in [7, 11) is -3.32. The fourth-order valence-corrected chi connectivity index (χ4v) is 2.94. The van der Waals surface area contributed by atoms with E-state index in [4.69, 9.17) is 4.74 Å². The van der Waals surface area contributed by atoms with E-state index in [-0.39, 0.29) is 11.4 Å². The molecule has 0 saturated heterocycles. The van der Waals surface area contributed by atoms with Crippen LogP contribution < -0.4 is 10.1 Å². The summed E-state index contributed by atoms with van der Waals surface area (Å²) in [5.41, 5.74) is -0.426. The predicted molar refractivity (Wildman–Crippen MR) is 100 cm³/mol. The maximum Gasteiger partial charge on any atom is 0.258 e. The Bertz CT molecular complexity index is 871. The lowest BCUT2D eigenvalue weighted by Gasteiger charge is -2.35. The first-order valence-electron chi connectivity index (χ1n) is 8.77. The highest BCUT2D eigenvalue weighted by molar-refractivity contribution is 7.93. The fourth-order valence-electron chi connectivity index (χ4n) is 2.41. The van der Waals surface area contributed by atoms with E-state index in [1.807, 2.05) is 20.8 Å². The third-order valence-electron chi connectivity index (χ3n) is 3.97. The Labute approximate surface area is 163 Å². The average molecular weight is 417 g/mol. The number of ether oxygens (including phenoxy) is 1. The van der Waals surface area contributed by atoms with Gasteiger partial charge in [-0.15, -0.1) is 0 Å². The van der Waals surface area contributed by atoms with Gasteiger partial charge in [-0.05, 0) is 6.92 Å². The number of carbonyl (C=O) groups is 1. The Balaban J connectivity index is 2.23. The lowest BCUT2D eigenvalue weighted by Crippen LogP contribution is -2.43. The minimum absolute atomic E-state index is 0.00261. The molecule has 0 aliphatic heterocycles. The summed E-state index contributed by atoms with van der Waals surface area (Å²) < 4.78 is 54.2. The van der Waals surface area contributed by atoms with Crippen molar-refractivity contribution in [2.45, 2.75) is 64.0 Å². The molecule has 0 radical (unpaired) electrons. The summed E-state index contributed by atoms with van der Waals surface area (Å²) in [5.74, 6) is -3.00. The average Bonchev–Trinajstić information content (AvgIpc) is 2.49. The quantitative estimate of drug-likeness (QED) is 0.764. The van der Waals surface area contributed by atoms with Crippen molar-refractivity contribution in [1.82, 2.24) is 15.3 Å². The minimum Gasteiger partial charge on any atom is -0.473 e. The molecule has 1 unspecified atom stereocenters. The van der Waals surface area contributed by atoms with Gasteiger partial charge in [0.05, 0.1) is 0 Å². The SMILES string of the molecule is CC(C=CS(C)(=O)=O)NC(=O)c1cnc(C(C)(C)C)nc1OC1CC(F)(F)C1. The molecule has 0 bridgehead atoms. The van der Waals surface area contributed by atoms with Gasteiger partial charge >= 0.3 is 0 Å². The third kappa shape index (κ3) is 6.22. The van der Waals surface area contributed by atoms with Gasteiger partial charge in [-0.2, -0.15) is 4.98 Å². The molecule has 7 nitrogen and oxygen atoms in total. The molecule has 156 valence electrons. The van der Waals surface area contributed by atoms with Gasteiger partial charge < -0.3 is 10.1 Å². The zero-order valence-corrected chi connectivity index (χ0v) is 17.3. The van der Waals surface area contributed by atoms with E-state index >= 15 is 0 Å². The van der Waals surface area contributed by atoms with Crippen molar-refractivity contribution in [2.75, 3.05) is 6.26 Å². The molecule has 2 rings (SSSR count). The minimum atomic E-state index is -3.32. The maximum atomic E-state index is 13.1. The van der Waals surface area contributed by atoms with Crippen LogP contribution in [0.2, 0.25) is 0 Å². The van der Waals surface area contributed by atoms with Crippen LogP contribution in [-0.4, -0.2) is 48.6 Å². The van der Waals surface area contributed by atoms with E-state index in [0.717, 1.165) is 11.7 Å². The number of rotatable bonds is 6. The van der Waals surface area contributed by atoms with Gasteiger partial charge in [0.15, 0.2) is 9.84 Å². The van der Waals surface area contributed by atoms with Gasteiger partial charge in [-0.1, -0.05) is 26.8 Å². The highest BCUT2D eigenvalue weighted by atomic mass is 32.2. The highest BCUT2D eigenvalue weighted by Crippen LogP contribution is 2.40. The summed E-state index contributed by atoms with van der Waals surface area (Å²) in [4.78, 5) is 21.0. The molecule has 1 aliphatic rings. The molecular formula is C18H25F2N3O4S. The van der Waals surface area contributed by atoms with Gasteiger partial charge in [0, 0.05) is 42.2 Å². The number of hydrogen-bond acceptors (Lipinski definition) is 6. The Morgan fingerprint density at radius 1 is 1.39 bits per heavy atom. The smallest absolute Gasteiger partial charge is 0.258 e. The second-order valence-electron chi connectivity index (χ2n) is 8.09. The summed E-state index contributed by atoms with van der Waals surface area (Å²) >= 11 is 0. The van der Waals surface area contributed by atoms with Crippen LogP contribution in [0, 0.1) is 0 Å². The second-order valence-corrected chi connectivity index (χ2v) is 10.0. The van der Waals surface area contributed by atoms with Gasteiger partial charge in [0.2, 0.25) is 5.88 Å². The zero-order valence-electron chi connectivity index (χ0n) is 16.5. The summed E-state index contributed by atoms with van der Waals surface area (Å²) in [6.45, 7) is 7.22. The van der Waals surface area contributed by atoms with Gasteiger partial charge in [-0.25, -0.2) is 22.2 Å². The number of aromatic nitrogens is 2. The first-order chi connectivity index (χ1) is 12.7. The van der Waals surface area contributed by atoms with Crippen LogP contribution in [0.4, 0.5) is 8.78 Å². The molecule has 1 heterocycles. The van der Waals surface area contributed by atoms with Gasteiger partial charge in [0.1, 0.15) is 17.5 Å². The molecule has 1 amide bonds. The van der Waals surface area contributed by atoms with Crippen molar-refractivity contribution >= 4 is 15.7 Å². The van der Waals surface area contributed by atoms with E-state index in [1.54, 1.807) is 6.92 Å². The number of amides is 1. The van der Waals surface area contributed by atoms with Crippen LogP contribution in [-0.2, 0) is 15.3 Å². The van der Waals surface area contributed by atoms with E-state index in [2.05, 4.69) is 15.3 Å². The fraction of sp³-hybridized carbons (Fsp3) is 0.611. The number of hydrogen-bond donors (Lipinski definition) is 1. The molecule has 10 heteroatoms. The molecule has 1 aromatic heterocycles. The number of alkyl halides is 2. The molecule has 1 N–H and O–H groups in total. The maximum absolute atomic E-state index is 13.1. The topological polar surface area (TPSA) is 98.2 Å². The molecule has 0 aromatic carbocycles.